The maximum Gasteiger partial charge on any atom is 0.339 e. The van der Waals surface area contributed by atoms with Crippen molar-refractivity contribution < 1.29 is 9.90 Å². The monoisotopic (exact) mass is 282 g/mol. The number of carbonyl (C=O) groups is 1. The molecule has 0 amide bonds. The molecule has 0 aliphatic heterocycles. The summed E-state index contributed by atoms with van der Waals surface area (Å²) in [5, 5.41) is 17.4. The minimum Gasteiger partial charge on any atom is -0.478 e. The van der Waals surface area contributed by atoms with E-state index in [9.17, 15) is 9.90 Å². The number of aryl methyl sites for hydroxylation is 1. The lowest BCUT2D eigenvalue weighted by molar-refractivity contribution is 0.0697. The first kappa shape index (κ1) is 13.1. The molecular weight excluding hydrogens is 268 g/mol. The van der Waals surface area contributed by atoms with E-state index in [-0.39, 0.29) is 5.56 Å². The second-order valence-corrected chi connectivity index (χ2v) is 4.58. The van der Waals surface area contributed by atoms with E-state index in [1.807, 2.05) is 37.4 Å². The SMILES string of the molecule is CCn1cc(Nc2c(C(=O)O)cnc3ccccc23)cn1. The molecule has 0 saturated heterocycles. The van der Waals surface area contributed by atoms with Crippen LogP contribution in [0.3, 0.4) is 0 Å². The Bertz CT molecular complexity index is 810. The van der Waals surface area contributed by atoms with Gasteiger partial charge in [-0.15, -0.1) is 0 Å². The van der Waals surface area contributed by atoms with E-state index in [4.69, 9.17) is 0 Å². The molecule has 106 valence electrons. The van der Waals surface area contributed by atoms with Crippen LogP contribution in [0.4, 0.5) is 11.4 Å². The highest BCUT2D eigenvalue weighted by Crippen LogP contribution is 2.28. The second kappa shape index (κ2) is 5.24. The molecule has 0 saturated carbocycles. The first-order valence-corrected chi connectivity index (χ1v) is 6.59. The highest BCUT2D eigenvalue weighted by Gasteiger charge is 2.15. The van der Waals surface area contributed by atoms with Gasteiger partial charge in [-0.25, -0.2) is 4.79 Å². The number of anilines is 2. The number of rotatable bonds is 4. The molecule has 3 aromatic rings. The summed E-state index contributed by atoms with van der Waals surface area (Å²) in [5.74, 6) is -1.02. The number of nitrogens with one attached hydrogen (secondary N) is 1. The van der Waals surface area contributed by atoms with Gasteiger partial charge in [-0.3, -0.25) is 9.67 Å². The topological polar surface area (TPSA) is 80.0 Å². The fourth-order valence-corrected chi connectivity index (χ4v) is 2.18. The van der Waals surface area contributed by atoms with Gasteiger partial charge < -0.3 is 10.4 Å². The Hall–Kier alpha value is -2.89. The number of hydrogen-bond donors (Lipinski definition) is 2. The van der Waals surface area contributed by atoms with Crippen LogP contribution in [0.15, 0.2) is 42.9 Å². The summed E-state index contributed by atoms with van der Waals surface area (Å²) in [7, 11) is 0. The summed E-state index contributed by atoms with van der Waals surface area (Å²) in [6.07, 6.45) is 4.88. The Morgan fingerprint density at radius 2 is 2.14 bits per heavy atom. The predicted octanol–water partition coefficient (Wildman–Crippen LogP) is 2.89. The van der Waals surface area contributed by atoms with Gasteiger partial charge in [0.25, 0.3) is 0 Å². The largest absolute Gasteiger partial charge is 0.478 e. The molecule has 0 bridgehead atoms. The fourth-order valence-electron chi connectivity index (χ4n) is 2.18. The van der Waals surface area contributed by atoms with Gasteiger partial charge in [-0.1, -0.05) is 18.2 Å². The smallest absolute Gasteiger partial charge is 0.339 e. The zero-order valence-electron chi connectivity index (χ0n) is 11.4. The van der Waals surface area contributed by atoms with E-state index in [0.717, 1.165) is 23.1 Å². The van der Waals surface area contributed by atoms with Crippen molar-refractivity contribution in [3.8, 4) is 0 Å². The van der Waals surface area contributed by atoms with Crippen molar-refractivity contribution >= 4 is 28.2 Å². The Balaban J connectivity index is 2.13. The van der Waals surface area contributed by atoms with Gasteiger partial charge in [-0.2, -0.15) is 5.10 Å². The first-order chi connectivity index (χ1) is 10.2. The second-order valence-electron chi connectivity index (χ2n) is 4.58. The number of carboxylic acid groups (broad SMARTS) is 1. The minimum absolute atomic E-state index is 0.137. The Morgan fingerprint density at radius 1 is 1.33 bits per heavy atom. The van der Waals surface area contributed by atoms with Crippen LogP contribution in [0.25, 0.3) is 10.9 Å². The summed E-state index contributed by atoms with van der Waals surface area (Å²) in [5.41, 5.74) is 2.16. The number of para-hydroxylation sites is 1. The summed E-state index contributed by atoms with van der Waals surface area (Å²) >= 11 is 0. The molecule has 0 fully saturated rings. The molecular formula is C15H14N4O2. The van der Waals surface area contributed by atoms with Gasteiger partial charge in [-0.05, 0) is 13.0 Å². The van der Waals surface area contributed by atoms with Crippen molar-refractivity contribution in [2.24, 2.45) is 0 Å². The molecule has 0 spiro atoms. The lowest BCUT2D eigenvalue weighted by Gasteiger charge is -2.11. The van der Waals surface area contributed by atoms with Crippen LogP contribution in [0, 0.1) is 0 Å². The summed E-state index contributed by atoms with van der Waals surface area (Å²) in [6, 6.07) is 7.42. The molecule has 0 unspecified atom stereocenters. The van der Waals surface area contributed by atoms with Gasteiger partial charge in [0.2, 0.25) is 0 Å². The molecule has 0 atom stereocenters. The molecule has 2 N–H and O–H groups in total. The van der Waals surface area contributed by atoms with Crippen LogP contribution >= 0.6 is 0 Å². The van der Waals surface area contributed by atoms with Gasteiger partial charge in [0.05, 0.1) is 23.1 Å². The summed E-state index contributed by atoms with van der Waals surface area (Å²) in [6.45, 7) is 2.74. The van der Waals surface area contributed by atoms with Crippen molar-refractivity contribution in [3.05, 3.63) is 48.4 Å². The molecule has 2 heterocycles. The molecule has 0 aliphatic carbocycles. The zero-order chi connectivity index (χ0) is 14.8. The van der Waals surface area contributed by atoms with E-state index in [1.54, 1.807) is 10.9 Å². The zero-order valence-corrected chi connectivity index (χ0v) is 11.4. The Morgan fingerprint density at radius 3 is 2.86 bits per heavy atom. The van der Waals surface area contributed by atoms with Crippen LogP contribution in [0.2, 0.25) is 0 Å². The number of pyridine rings is 1. The van der Waals surface area contributed by atoms with Crippen molar-refractivity contribution in [1.29, 1.82) is 0 Å². The van der Waals surface area contributed by atoms with E-state index < -0.39 is 5.97 Å². The molecule has 21 heavy (non-hydrogen) atoms. The highest BCUT2D eigenvalue weighted by molar-refractivity contribution is 6.05. The lowest BCUT2D eigenvalue weighted by atomic mass is 10.1. The lowest BCUT2D eigenvalue weighted by Crippen LogP contribution is -2.04. The quantitative estimate of drug-likeness (QED) is 0.769. The number of aromatic carboxylic acids is 1. The fraction of sp³-hybridized carbons (Fsp3) is 0.133. The third kappa shape index (κ3) is 2.43. The van der Waals surface area contributed by atoms with Gasteiger partial charge in [0.1, 0.15) is 5.56 Å². The van der Waals surface area contributed by atoms with E-state index in [0.29, 0.717) is 5.69 Å². The van der Waals surface area contributed by atoms with Crippen LogP contribution in [0.5, 0.6) is 0 Å². The van der Waals surface area contributed by atoms with Crippen LogP contribution in [-0.4, -0.2) is 25.8 Å². The van der Waals surface area contributed by atoms with Crippen LogP contribution in [-0.2, 0) is 6.54 Å². The maximum atomic E-state index is 11.4. The van der Waals surface area contributed by atoms with E-state index in [1.165, 1.54) is 6.20 Å². The first-order valence-electron chi connectivity index (χ1n) is 6.59. The molecule has 6 nitrogen and oxygen atoms in total. The summed E-state index contributed by atoms with van der Waals surface area (Å²) < 4.78 is 1.77. The van der Waals surface area contributed by atoms with Gasteiger partial charge >= 0.3 is 5.97 Å². The summed E-state index contributed by atoms with van der Waals surface area (Å²) in [4.78, 5) is 15.6. The molecule has 3 rings (SSSR count). The molecule has 2 aromatic heterocycles. The van der Waals surface area contributed by atoms with E-state index in [2.05, 4.69) is 15.4 Å². The van der Waals surface area contributed by atoms with Crippen LogP contribution < -0.4 is 5.32 Å². The molecule has 1 aromatic carbocycles. The van der Waals surface area contributed by atoms with Crippen molar-refractivity contribution in [3.63, 3.8) is 0 Å². The number of aromatic nitrogens is 3. The standard InChI is InChI=1S/C15H14N4O2/c1-2-19-9-10(7-17-19)18-14-11-5-3-4-6-13(11)16-8-12(14)15(20)21/h3-9H,2H2,1H3,(H,16,18)(H,20,21). The number of fused-ring (bicyclic) bond motifs is 1. The number of carboxylic acids is 1. The highest BCUT2D eigenvalue weighted by atomic mass is 16.4. The van der Waals surface area contributed by atoms with Crippen molar-refractivity contribution in [1.82, 2.24) is 14.8 Å². The normalized spacial score (nSPS) is 10.7. The third-order valence-corrected chi connectivity index (χ3v) is 3.23. The van der Waals surface area contributed by atoms with Crippen molar-refractivity contribution in [2.75, 3.05) is 5.32 Å². The number of hydrogen-bond acceptors (Lipinski definition) is 4. The molecule has 6 heteroatoms. The Kier molecular flexibility index (Phi) is 3.27. The molecule has 0 radical (unpaired) electrons. The van der Waals surface area contributed by atoms with Crippen molar-refractivity contribution in [2.45, 2.75) is 13.5 Å². The van der Waals surface area contributed by atoms with Gasteiger partial charge in [0.15, 0.2) is 0 Å². The third-order valence-electron chi connectivity index (χ3n) is 3.23. The average Bonchev–Trinajstić information content (AvgIpc) is 2.95. The van der Waals surface area contributed by atoms with Gasteiger partial charge in [0, 0.05) is 24.3 Å². The van der Waals surface area contributed by atoms with Crippen LogP contribution in [0.1, 0.15) is 17.3 Å². The maximum absolute atomic E-state index is 11.4. The Labute approximate surface area is 121 Å². The minimum atomic E-state index is -1.02. The number of nitrogens with zero attached hydrogens (tertiary/aromatic N) is 3. The molecule has 0 aliphatic rings. The predicted molar refractivity (Wildman–Crippen MR) is 79.9 cm³/mol. The average molecular weight is 282 g/mol. The number of benzene rings is 1. The van der Waals surface area contributed by atoms with E-state index >= 15 is 0 Å².